The summed E-state index contributed by atoms with van der Waals surface area (Å²) in [6.45, 7) is 6.30. The lowest BCUT2D eigenvalue weighted by molar-refractivity contribution is -0.137. The molecule has 0 radical (unpaired) electrons. The predicted molar refractivity (Wildman–Crippen MR) is 169 cm³/mol. The van der Waals surface area contributed by atoms with Crippen molar-refractivity contribution in [3.63, 3.8) is 0 Å². The van der Waals surface area contributed by atoms with Crippen molar-refractivity contribution in [3.8, 4) is 23.1 Å². The highest BCUT2D eigenvalue weighted by Crippen LogP contribution is 2.42. The zero-order valence-corrected chi connectivity index (χ0v) is 25.8. The van der Waals surface area contributed by atoms with Crippen molar-refractivity contribution in [1.82, 2.24) is 15.0 Å². The molecule has 3 aromatic carbocycles. The lowest BCUT2D eigenvalue weighted by Crippen LogP contribution is -2.39. The van der Waals surface area contributed by atoms with E-state index in [1.54, 1.807) is 0 Å². The van der Waals surface area contributed by atoms with Crippen molar-refractivity contribution in [1.29, 1.82) is 5.26 Å². The third kappa shape index (κ3) is 6.58. The summed E-state index contributed by atoms with van der Waals surface area (Å²) < 4.78 is 48.7. The first-order chi connectivity index (χ1) is 21.6. The number of allylic oxidation sites excluding steroid dienone is 4. The molecule has 1 aliphatic rings. The van der Waals surface area contributed by atoms with Crippen LogP contribution in [0.25, 0.3) is 11.3 Å². The van der Waals surface area contributed by atoms with E-state index in [0.717, 1.165) is 60.9 Å². The lowest BCUT2D eigenvalue weighted by Gasteiger charge is -2.35. The van der Waals surface area contributed by atoms with E-state index in [1.807, 2.05) is 92.7 Å². The summed E-state index contributed by atoms with van der Waals surface area (Å²) in [6.07, 6.45) is 6.39. The minimum Gasteiger partial charge on any atom is -0.493 e. The third-order valence-electron chi connectivity index (χ3n) is 8.67. The maximum absolute atomic E-state index is 14.2. The lowest BCUT2D eigenvalue weighted by atomic mass is 9.76. The van der Waals surface area contributed by atoms with E-state index in [0.29, 0.717) is 6.61 Å². The van der Waals surface area contributed by atoms with Crippen LogP contribution < -0.4 is 4.74 Å². The first kappa shape index (κ1) is 31.8. The number of nitriles is 1. The fraction of sp³-hybridized carbons (Fsp3) is 0.324. The van der Waals surface area contributed by atoms with Crippen LogP contribution in [0.1, 0.15) is 75.3 Å². The Morgan fingerprint density at radius 3 is 2.11 bits per heavy atom. The Kier molecular flexibility index (Phi) is 9.29. The summed E-state index contributed by atoms with van der Waals surface area (Å²) in [6, 6.07) is 24.9. The van der Waals surface area contributed by atoms with Crippen molar-refractivity contribution in [3.05, 3.63) is 125 Å². The van der Waals surface area contributed by atoms with Crippen LogP contribution in [-0.4, -0.2) is 21.6 Å². The van der Waals surface area contributed by atoms with Crippen LogP contribution in [0.5, 0.6) is 5.75 Å². The molecule has 0 spiro atoms. The summed E-state index contributed by atoms with van der Waals surface area (Å²) in [7, 11) is 0. The highest BCUT2D eigenvalue weighted by atomic mass is 19.4. The average Bonchev–Trinajstić information content (AvgIpc) is 3.49. The molecule has 1 aliphatic carbocycles. The first-order valence-corrected chi connectivity index (χ1v) is 15.3. The van der Waals surface area contributed by atoms with E-state index in [4.69, 9.17) is 9.84 Å². The monoisotopic (exact) mass is 610 g/mol. The molecule has 1 fully saturated rings. The molecule has 0 amide bonds. The molecule has 1 heterocycles. The molecule has 0 unspecified atom stereocenters. The van der Waals surface area contributed by atoms with E-state index in [2.05, 4.69) is 18.1 Å². The molecule has 4 aromatic rings. The van der Waals surface area contributed by atoms with Gasteiger partial charge in [0.05, 0.1) is 12.2 Å². The van der Waals surface area contributed by atoms with Gasteiger partial charge in [-0.05, 0) is 61.6 Å². The van der Waals surface area contributed by atoms with Gasteiger partial charge in [-0.1, -0.05) is 105 Å². The van der Waals surface area contributed by atoms with Crippen molar-refractivity contribution in [2.24, 2.45) is 5.41 Å². The Morgan fingerprint density at radius 1 is 0.933 bits per heavy atom. The fourth-order valence-corrected chi connectivity index (χ4v) is 6.25. The number of ether oxygens (including phenoxy) is 1. The number of rotatable bonds is 9. The maximum atomic E-state index is 14.2. The van der Waals surface area contributed by atoms with Gasteiger partial charge < -0.3 is 4.74 Å². The van der Waals surface area contributed by atoms with Gasteiger partial charge in [-0.25, -0.2) is 0 Å². The second-order valence-electron chi connectivity index (χ2n) is 12.0. The highest BCUT2D eigenvalue weighted by Gasteiger charge is 2.41. The van der Waals surface area contributed by atoms with Crippen LogP contribution in [0.4, 0.5) is 13.2 Å². The molecule has 0 N–H and O–H groups in total. The van der Waals surface area contributed by atoms with E-state index in [-0.39, 0.29) is 28.1 Å². The van der Waals surface area contributed by atoms with Crippen LogP contribution >= 0.6 is 0 Å². The zero-order valence-electron chi connectivity index (χ0n) is 25.8. The van der Waals surface area contributed by atoms with Crippen LogP contribution in [0.3, 0.4) is 0 Å². The second-order valence-corrected chi connectivity index (χ2v) is 12.0. The van der Waals surface area contributed by atoms with Crippen molar-refractivity contribution in [2.45, 2.75) is 64.6 Å². The van der Waals surface area contributed by atoms with Gasteiger partial charge in [0.25, 0.3) is 0 Å². The van der Waals surface area contributed by atoms with Crippen molar-refractivity contribution in [2.75, 3.05) is 6.61 Å². The second kappa shape index (κ2) is 13.2. The number of hydrogen-bond acceptors (Lipinski definition) is 4. The van der Waals surface area contributed by atoms with Crippen LogP contribution in [0.2, 0.25) is 0 Å². The van der Waals surface area contributed by atoms with E-state index >= 15 is 0 Å². The number of aromatic nitrogens is 3. The summed E-state index contributed by atoms with van der Waals surface area (Å²) in [5, 5.41) is 19.7. The molecule has 45 heavy (non-hydrogen) atoms. The van der Waals surface area contributed by atoms with E-state index in [1.165, 1.54) is 10.9 Å². The molecular weight excluding hydrogens is 573 g/mol. The molecule has 232 valence electrons. The smallest absolute Gasteiger partial charge is 0.416 e. The van der Waals surface area contributed by atoms with Gasteiger partial charge in [0.15, 0.2) is 11.2 Å². The summed E-state index contributed by atoms with van der Waals surface area (Å²) in [4.78, 5) is 1.46. The van der Waals surface area contributed by atoms with E-state index < -0.39 is 17.3 Å². The van der Waals surface area contributed by atoms with Gasteiger partial charge in [-0.3, -0.25) is 0 Å². The Labute approximate surface area is 262 Å². The number of hydrogen-bond donors (Lipinski definition) is 0. The maximum Gasteiger partial charge on any atom is 0.416 e. The SMILES string of the molecule is C/C=C\C=C(/C)C(c1ccccc1)(c1ccccc1)n1nc(C#N)c(-c2cc(OCC3(C)CCCCC3)cc(C(F)(F)F)c2)n1. The van der Waals surface area contributed by atoms with Gasteiger partial charge in [-0.2, -0.15) is 28.3 Å². The fourth-order valence-electron chi connectivity index (χ4n) is 6.25. The standard InChI is InChI=1S/C37H37F3N4O/c1-4-5-15-27(2)36(29-16-9-6-10-17-29,30-18-11-7-12-19-30)44-42-33(25-41)34(43-44)28-22-31(37(38,39)40)24-32(23-28)45-26-35(3)20-13-8-14-21-35/h4-7,9-12,15-19,22-24H,8,13-14,20-21,26H2,1-3H3/b5-4-,27-15+. The zero-order chi connectivity index (χ0) is 32.1. The Bertz CT molecular complexity index is 1670. The van der Waals surface area contributed by atoms with Gasteiger partial charge in [0.1, 0.15) is 17.5 Å². The molecule has 1 saturated carbocycles. The normalized spacial score (nSPS) is 15.6. The minimum atomic E-state index is -4.63. The van der Waals surface area contributed by atoms with Crippen LogP contribution in [-0.2, 0) is 11.7 Å². The largest absolute Gasteiger partial charge is 0.493 e. The Morgan fingerprint density at radius 2 is 1.56 bits per heavy atom. The summed E-state index contributed by atoms with van der Waals surface area (Å²) in [5.41, 5.74) is 0.492. The van der Waals surface area contributed by atoms with Gasteiger partial charge in [0.2, 0.25) is 0 Å². The predicted octanol–water partition coefficient (Wildman–Crippen LogP) is 9.50. The number of nitrogens with zero attached hydrogens (tertiary/aromatic N) is 4. The topological polar surface area (TPSA) is 63.7 Å². The Balaban J connectivity index is 1.71. The minimum absolute atomic E-state index is 0.0485. The molecule has 0 aliphatic heterocycles. The van der Waals surface area contributed by atoms with Gasteiger partial charge >= 0.3 is 6.18 Å². The molecule has 0 atom stereocenters. The summed E-state index contributed by atoms with van der Waals surface area (Å²) in [5.74, 6) is 0.0894. The Hall–Kier alpha value is -4.64. The first-order valence-electron chi connectivity index (χ1n) is 15.3. The molecular formula is C37H37F3N4O. The number of alkyl halides is 3. The molecule has 0 saturated heterocycles. The molecule has 5 nitrogen and oxygen atoms in total. The highest BCUT2D eigenvalue weighted by molar-refractivity contribution is 5.67. The molecule has 8 heteroatoms. The van der Waals surface area contributed by atoms with Gasteiger partial charge in [0, 0.05) is 11.0 Å². The number of halogens is 3. The van der Waals surface area contributed by atoms with Gasteiger partial charge in [-0.15, -0.1) is 5.10 Å². The summed E-state index contributed by atoms with van der Waals surface area (Å²) >= 11 is 0. The number of benzene rings is 3. The molecule has 5 rings (SSSR count). The molecule has 1 aromatic heterocycles. The van der Waals surface area contributed by atoms with Crippen LogP contribution in [0.15, 0.2) is 103 Å². The van der Waals surface area contributed by atoms with Crippen molar-refractivity contribution >= 4 is 0 Å². The molecule has 0 bridgehead atoms. The van der Waals surface area contributed by atoms with Crippen molar-refractivity contribution < 1.29 is 17.9 Å². The average molecular weight is 611 g/mol. The third-order valence-corrected chi connectivity index (χ3v) is 8.67. The van der Waals surface area contributed by atoms with E-state index in [9.17, 15) is 18.4 Å². The van der Waals surface area contributed by atoms with Crippen LogP contribution in [0, 0.1) is 16.7 Å². The quantitative estimate of drug-likeness (QED) is 0.177.